The van der Waals surface area contributed by atoms with Gasteiger partial charge in [-0.15, -0.1) is 0 Å². The molecule has 3 aromatic rings. The number of para-hydroxylation sites is 1. The summed E-state index contributed by atoms with van der Waals surface area (Å²) in [6, 6.07) is 17.2. The minimum Gasteiger partial charge on any atom is -0.465 e. The third kappa shape index (κ3) is 6.15. The number of sulfonamides is 1. The van der Waals surface area contributed by atoms with Gasteiger partial charge in [-0.3, -0.25) is 9.10 Å². The molecule has 0 bridgehead atoms. The van der Waals surface area contributed by atoms with Crippen molar-refractivity contribution in [1.29, 1.82) is 0 Å². The molecule has 10 heteroatoms. The zero-order valence-corrected chi connectivity index (χ0v) is 21.8. The maximum atomic E-state index is 13.7. The van der Waals surface area contributed by atoms with Gasteiger partial charge in [0.05, 0.1) is 41.6 Å². The molecule has 1 amide bonds. The first-order valence-electron chi connectivity index (χ1n) is 11.4. The molecule has 0 unspecified atom stereocenters. The first-order chi connectivity index (χ1) is 17.6. The van der Waals surface area contributed by atoms with Crippen LogP contribution >= 0.6 is 0 Å². The van der Waals surface area contributed by atoms with Crippen LogP contribution in [0.2, 0.25) is 0 Å². The quantitative estimate of drug-likeness (QED) is 0.421. The summed E-state index contributed by atoms with van der Waals surface area (Å²) < 4.78 is 38.0. The second-order valence-electron chi connectivity index (χ2n) is 8.10. The molecule has 0 spiro atoms. The molecule has 0 saturated carbocycles. The van der Waals surface area contributed by atoms with Gasteiger partial charge in [0, 0.05) is 0 Å². The van der Waals surface area contributed by atoms with E-state index in [2.05, 4.69) is 5.32 Å². The van der Waals surface area contributed by atoms with Crippen LogP contribution in [0.3, 0.4) is 0 Å². The fraction of sp³-hybridized carbons (Fsp3) is 0.222. The standard InChI is InChI=1S/C27H28N2O7S/c1-5-19-8-6-7-9-24(19)29(37(33,34)21-13-10-18(2)11-14-21)17-25(30)28-23-16-20(26(31)35-3)12-15-22(23)27(32)36-4/h6-16H,5,17H2,1-4H3,(H,28,30). The number of amides is 1. The molecule has 1 N–H and O–H groups in total. The fourth-order valence-electron chi connectivity index (χ4n) is 3.69. The lowest BCUT2D eigenvalue weighted by molar-refractivity contribution is -0.114. The molecular formula is C27H28N2O7S. The first kappa shape index (κ1) is 27.4. The fourth-order valence-corrected chi connectivity index (χ4v) is 5.15. The summed E-state index contributed by atoms with van der Waals surface area (Å²) in [6.07, 6.45) is 0.533. The summed E-state index contributed by atoms with van der Waals surface area (Å²) in [6.45, 7) is 3.14. The largest absolute Gasteiger partial charge is 0.465 e. The maximum absolute atomic E-state index is 13.7. The number of nitrogens with zero attached hydrogens (tertiary/aromatic N) is 1. The predicted octanol–water partition coefficient (Wildman–Crippen LogP) is 3.96. The highest BCUT2D eigenvalue weighted by Gasteiger charge is 2.29. The highest BCUT2D eigenvalue weighted by atomic mass is 32.2. The zero-order chi connectivity index (χ0) is 27.2. The predicted molar refractivity (Wildman–Crippen MR) is 139 cm³/mol. The number of methoxy groups -OCH3 is 2. The van der Waals surface area contributed by atoms with E-state index in [1.54, 1.807) is 36.4 Å². The van der Waals surface area contributed by atoms with Crippen molar-refractivity contribution in [2.45, 2.75) is 25.2 Å². The van der Waals surface area contributed by atoms with Crippen molar-refractivity contribution in [3.63, 3.8) is 0 Å². The van der Waals surface area contributed by atoms with Crippen molar-refractivity contribution < 1.29 is 32.3 Å². The van der Waals surface area contributed by atoms with Gasteiger partial charge < -0.3 is 14.8 Å². The number of carbonyl (C=O) groups excluding carboxylic acids is 3. The average molecular weight is 525 g/mol. The lowest BCUT2D eigenvalue weighted by Crippen LogP contribution is -2.39. The molecule has 0 aliphatic rings. The van der Waals surface area contributed by atoms with Gasteiger partial charge in [0.1, 0.15) is 6.54 Å². The van der Waals surface area contributed by atoms with Crippen molar-refractivity contribution in [2.24, 2.45) is 0 Å². The zero-order valence-electron chi connectivity index (χ0n) is 21.0. The minimum atomic E-state index is -4.14. The summed E-state index contributed by atoms with van der Waals surface area (Å²) in [5.74, 6) is -2.15. The molecule has 0 fully saturated rings. The number of hydrogen-bond donors (Lipinski definition) is 1. The van der Waals surface area contributed by atoms with Crippen molar-refractivity contribution in [3.05, 3.63) is 89.0 Å². The Labute approximate surface area is 216 Å². The van der Waals surface area contributed by atoms with Gasteiger partial charge in [0.25, 0.3) is 10.0 Å². The van der Waals surface area contributed by atoms with Gasteiger partial charge in [-0.25, -0.2) is 18.0 Å². The minimum absolute atomic E-state index is 0.00889. The van der Waals surface area contributed by atoms with Crippen LogP contribution < -0.4 is 9.62 Å². The van der Waals surface area contributed by atoms with Gasteiger partial charge in [0.2, 0.25) is 5.91 Å². The lowest BCUT2D eigenvalue weighted by atomic mass is 10.1. The molecule has 0 atom stereocenters. The molecule has 37 heavy (non-hydrogen) atoms. The van der Waals surface area contributed by atoms with Crippen LogP contribution in [0.1, 0.15) is 38.8 Å². The Kier molecular flexibility index (Phi) is 8.67. The van der Waals surface area contributed by atoms with E-state index in [0.717, 1.165) is 15.4 Å². The van der Waals surface area contributed by atoms with E-state index >= 15 is 0 Å². The van der Waals surface area contributed by atoms with Crippen LogP contribution in [0.25, 0.3) is 0 Å². The molecule has 0 aliphatic heterocycles. The Morgan fingerprint density at radius 3 is 2.16 bits per heavy atom. The van der Waals surface area contributed by atoms with E-state index in [9.17, 15) is 22.8 Å². The highest BCUT2D eigenvalue weighted by molar-refractivity contribution is 7.92. The second-order valence-corrected chi connectivity index (χ2v) is 9.96. The lowest BCUT2D eigenvalue weighted by Gasteiger charge is -2.26. The third-order valence-electron chi connectivity index (χ3n) is 5.66. The molecule has 0 aromatic heterocycles. The Morgan fingerprint density at radius 1 is 0.892 bits per heavy atom. The summed E-state index contributed by atoms with van der Waals surface area (Å²) >= 11 is 0. The first-order valence-corrected chi connectivity index (χ1v) is 12.8. The van der Waals surface area contributed by atoms with E-state index < -0.39 is 34.4 Å². The highest BCUT2D eigenvalue weighted by Crippen LogP contribution is 2.28. The van der Waals surface area contributed by atoms with Gasteiger partial charge in [-0.1, -0.05) is 42.8 Å². The van der Waals surface area contributed by atoms with Crippen LogP contribution in [-0.2, 0) is 30.7 Å². The molecule has 0 radical (unpaired) electrons. The maximum Gasteiger partial charge on any atom is 0.339 e. The molecule has 0 saturated heterocycles. The normalized spacial score (nSPS) is 10.9. The topological polar surface area (TPSA) is 119 Å². The summed E-state index contributed by atoms with van der Waals surface area (Å²) in [5.41, 5.74) is 2.04. The van der Waals surface area contributed by atoms with Gasteiger partial charge in [-0.2, -0.15) is 0 Å². The summed E-state index contributed by atoms with van der Waals surface area (Å²) in [7, 11) is -1.76. The molecule has 194 valence electrons. The van der Waals surface area contributed by atoms with Crippen molar-refractivity contribution in [2.75, 3.05) is 30.4 Å². The van der Waals surface area contributed by atoms with Crippen LogP contribution in [0.4, 0.5) is 11.4 Å². The monoisotopic (exact) mass is 524 g/mol. The van der Waals surface area contributed by atoms with E-state index in [-0.39, 0.29) is 21.7 Å². The molecule has 9 nitrogen and oxygen atoms in total. The van der Waals surface area contributed by atoms with Crippen molar-refractivity contribution in [3.8, 4) is 0 Å². The van der Waals surface area contributed by atoms with Crippen molar-refractivity contribution >= 4 is 39.2 Å². The number of esters is 2. The number of aryl methyl sites for hydroxylation is 2. The Morgan fingerprint density at radius 2 is 1.54 bits per heavy atom. The summed E-state index contributed by atoms with van der Waals surface area (Å²) in [5, 5.41) is 2.56. The van der Waals surface area contributed by atoms with Crippen molar-refractivity contribution in [1.82, 2.24) is 0 Å². The third-order valence-corrected chi connectivity index (χ3v) is 7.43. The number of benzene rings is 3. The van der Waals surface area contributed by atoms with Gasteiger partial charge in [0.15, 0.2) is 0 Å². The number of carbonyl (C=O) groups is 3. The van der Waals surface area contributed by atoms with Gasteiger partial charge >= 0.3 is 11.9 Å². The van der Waals surface area contributed by atoms with E-state index in [1.165, 1.54) is 44.6 Å². The van der Waals surface area contributed by atoms with Crippen LogP contribution in [0.15, 0.2) is 71.6 Å². The van der Waals surface area contributed by atoms with Crippen LogP contribution in [0, 0.1) is 6.92 Å². The smallest absolute Gasteiger partial charge is 0.339 e. The number of hydrogen-bond acceptors (Lipinski definition) is 7. The number of nitrogens with one attached hydrogen (secondary N) is 1. The Hall–Kier alpha value is -4.18. The van der Waals surface area contributed by atoms with E-state index in [0.29, 0.717) is 12.1 Å². The average Bonchev–Trinajstić information content (AvgIpc) is 2.90. The van der Waals surface area contributed by atoms with E-state index in [4.69, 9.17) is 9.47 Å². The van der Waals surface area contributed by atoms with Crippen LogP contribution in [0.5, 0.6) is 0 Å². The molecule has 0 aliphatic carbocycles. The van der Waals surface area contributed by atoms with Crippen LogP contribution in [-0.4, -0.2) is 47.0 Å². The SMILES string of the molecule is CCc1ccccc1N(CC(=O)Nc1cc(C(=O)OC)ccc1C(=O)OC)S(=O)(=O)c1ccc(C)cc1. The molecule has 3 rings (SSSR count). The Balaban J connectivity index is 2.04. The Bertz CT molecular complexity index is 1420. The molecule has 3 aromatic carbocycles. The molecular weight excluding hydrogens is 496 g/mol. The second kappa shape index (κ2) is 11.7. The molecule has 0 heterocycles. The number of rotatable bonds is 9. The van der Waals surface area contributed by atoms with Gasteiger partial charge in [-0.05, 0) is 55.3 Å². The number of anilines is 2. The summed E-state index contributed by atoms with van der Waals surface area (Å²) in [4.78, 5) is 37.6. The van der Waals surface area contributed by atoms with E-state index in [1.807, 2.05) is 13.8 Å². The number of ether oxygens (including phenoxy) is 2.